The number of carbonyl (C=O) groups excluding carboxylic acids is 2. The minimum atomic E-state index is -0.213. The minimum absolute atomic E-state index is 0.0937. The van der Waals surface area contributed by atoms with Crippen molar-refractivity contribution < 1.29 is 14.3 Å². The number of piperidine rings is 1. The first-order valence-electron chi connectivity index (χ1n) is 12.1. The van der Waals surface area contributed by atoms with Gasteiger partial charge in [0.2, 0.25) is 5.91 Å². The van der Waals surface area contributed by atoms with Gasteiger partial charge in [-0.15, -0.1) is 0 Å². The fourth-order valence-corrected chi connectivity index (χ4v) is 4.75. The molecule has 0 bridgehead atoms. The van der Waals surface area contributed by atoms with Crippen LogP contribution in [0.4, 0.5) is 0 Å². The molecule has 0 saturated carbocycles. The summed E-state index contributed by atoms with van der Waals surface area (Å²) >= 11 is 0. The number of carbonyl (C=O) groups is 2. The number of aryl methyl sites for hydroxylation is 2. The highest BCUT2D eigenvalue weighted by Crippen LogP contribution is 2.31. The average molecular weight is 475 g/mol. The molecular weight excluding hydrogens is 440 g/mol. The summed E-state index contributed by atoms with van der Waals surface area (Å²) in [5.41, 5.74) is 5.74. The summed E-state index contributed by atoms with van der Waals surface area (Å²) in [5.74, 6) is 1.13. The second-order valence-corrected chi connectivity index (χ2v) is 9.45. The molecule has 0 aliphatic carbocycles. The van der Waals surface area contributed by atoms with Crippen LogP contribution in [0.25, 0.3) is 11.1 Å². The third-order valence-corrected chi connectivity index (χ3v) is 6.97. The Kier molecular flexibility index (Phi) is 7.24. The Balaban J connectivity index is 1.52. The molecule has 1 aromatic heterocycles. The van der Waals surface area contributed by atoms with Crippen molar-refractivity contribution in [2.45, 2.75) is 45.6 Å². The van der Waals surface area contributed by atoms with Crippen LogP contribution >= 0.6 is 0 Å². The lowest BCUT2D eigenvalue weighted by Crippen LogP contribution is -2.36. The Morgan fingerprint density at radius 2 is 1.86 bits per heavy atom. The predicted molar refractivity (Wildman–Crippen MR) is 136 cm³/mol. The maximum absolute atomic E-state index is 13.3. The Morgan fingerprint density at radius 1 is 1.11 bits per heavy atom. The van der Waals surface area contributed by atoms with E-state index in [2.05, 4.69) is 22.5 Å². The number of ether oxygens (including phenoxy) is 1. The van der Waals surface area contributed by atoms with Crippen LogP contribution in [0, 0.1) is 6.92 Å². The fraction of sp³-hybridized carbons (Fsp3) is 0.393. The van der Waals surface area contributed by atoms with Gasteiger partial charge in [-0.1, -0.05) is 12.1 Å². The van der Waals surface area contributed by atoms with Crippen molar-refractivity contribution in [3.8, 4) is 16.9 Å². The van der Waals surface area contributed by atoms with E-state index in [0.29, 0.717) is 11.5 Å². The monoisotopic (exact) mass is 474 g/mol. The summed E-state index contributed by atoms with van der Waals surface area (Å²) < 4.78 is 7.29. The fourth-order valence-electron chi connectivity index (χ4n) is 4.75. The molecule has 1 N–H and O–H groups in total. The first-order valence-corrected chi connectivity index (χ1v) is 12.1. The average Bonchev–Trinajstić information content (AvgIpc) is 3.30. The van der Waals surface area contributed by atoms with Crippen LogP contribution in [0.3, 0.4) is 0 Å². The second-order valence-electron chi connectivity index (χ2n) is 9.45. The van der Waals surface area contributed by atoms with E-state index in [1.54, 1.807) is 18.7 Å². The van der Waals surface area contributed by atoms with Crippen molar-refractivity contribution >= 4 is 11.8 Å². The van der Waals surface area contributed by atoms with Crippen molar-refractivity contribution in [3.63, 3.8) is 0 Å². The van der Waals surface area contributed by atoms with E-state index in [1.807, 2.05) is 62.5 Å². The Morgan fingerprint density at radius 3 is 2.49 bits per heavy atom. The van der Waals surface area contributed by atoms with E-state index in [9.17, 15) is 9.59 Å². The molecule has 7 nitrogen and oxygen atoms in total. The summed E-state index contributed by atoms with van der Waals surface area (Å²) in [6, 6.07) is 11.9. The first-order chi connectivity index (χ1) is 16.7. The molecule has 1 aliphatic rings. The normalized spacial score (nSPS) is 15.1. The SMILES string of the molecule is COc1cc(-c2cnn(C)c2)cc([C@@H](C)NC(=O)c2cc(C3CCN(C(C)=O)CC3)ccc2C)c1. The number of likely N-dealkylation sites (tertiary alicyclic amines) is 1. The van der Waals surface area contributed by atoms with Crippen molar-refractivity contribution in [2.24, 2.45) is 7.05 Å². The molecule has 7 heteroatoms. The zero-order chi connectivity index (χ0) is 25.1. The molecule has 2 heterocycles. The standard InChI is InChI=1S/C28H34N4O3/c1-18-6-7-22(21-8-10-32(11-9-21)20(3)33)15-27(18)28(34)30-19(2)23-12-24(14-26(13-23)35-5)25-16-29-31(4)17-25/h6-7,12-17,19,21H,8-11H2,1-5H3,(H,30,34)/t19-/m1/s1. The van der Waals surface area contributed by atoms with Gasteiger partial charge in [-0.3, -0.25) is 14.3 Å². The lowest BCUT2D eigenvalue weighted by molar-refractivity contribution is -0.129. The highest BCUT2D eigenvalue weighted by atomic mass is 16.5. The van der Waals surface area contributed by atoms with Gasteiger partial charge in [-0.2, -0.15) is 5.10 Å². The second kappa shape index (κ2) is 10.3. The maximum Gasteiger partial charge on any atom is 0.252 e. The highest BCUT2D eigenvalue weighted by Gasteiger charge is 2.23. The molecule has 1 saturated heterocycles. The lowest BCUT2D eigenvalue weighted by atomic mass is 9.87. The van der Waals surface area contributed by atoms with Gasteiger partial charge in [0.25, 0.3) is 5.91 Å². The Labute approximate surface area is 207 Å². The first kappa shape index (κ1) is 24.5. The van der Waals surface area contributed by atoms with Crippen LogP contribution in [-0.2, 0) is 11.8 Å². The Hall–Kier alpha value is -3.61. The van der Waals surface area contributed by atoms with Gasteiger partial charge in [0.1, 0.15) is 5.75 Å². The third-order valence-electron chi connectivity index (χ3n) is 6.97. The summed E-state index contributed by atoms with van der Waals surface area (Å²) in [4.78, 5) is 26.9. The molecule has 1 aliphatic heterocycles. The number of amides is 2. The van der Waals surface area contributed by atoms with E-state index >= 15 is 0 Å². The van der Waals surface area contributed by atoms with Crippen LogP contribution in [0.5, 0.6) is 5.75 Å². The molecule has 2 aromatic carbocycles. The summed E-state index contributed by atoms with van der Waals surface area (Å²) in [6.45, 7) is 7.10. The Bertz CT molecular complexity index is 1220. The third kappa shape index (κ3) is 5.56. The topological polar surface area (TPSA) is 76.5 Å². The van der Waals surface area contributed by atoms with Crippen LogP contribution < -0.4 is 10.1 Å². The number of benzene rings is 2. The van der Waals surface area contributed by atoms with Crippen molar-refractivity contribution in [3.05, 3.63) is 71.0 Å². The number of aromatic nitrogens is 2. The van der Waals surface area contributed by atoms with Gasteiger partial charge in [0, 0.05) is 44.4 Å². The lowest BCUT2D eigenvalue weighted by Gasteiger charge is -2.31. The van der Waals surface area contributed by atoms with E-state index in [4.69, 9.17) is 4.74 Å². The van der Waals surface area contributed by atoms with Gasteiger partial charge in [-0.05, 0) is 79.1 Å². The number of rotatable bonds is 6. The summed E-state index contributed by atoms with van der Waals surface area (Å²) in [7, 11) is 3.53. The largest absolute Gasteiger partial charge is 0.497 e. The van der Waals surface area contributed by atoms with Crippen LogP contribution in [-0.4, -0.2) is 46.7 Å². The highest BCUT2D eigenvalue weighted by molar-refractivity contribution is 5.96. The number of nitrogens with zero attached hydrogens (tertiary/aromatic N) is 3. The van der Waals surface area contributed by atoms with Crippen molar-refractivity contribution in [1.82, 2.24) is 20.0 Å². The van der Waals surface area contributed by atoms with E-state index in [0.717, 1.165) is 59.5 Å². The minimum Gasteiger partial charge on any atom is -0.497 e. The van der Waals surface area contributed by atoms with Gasteiger partial charge in [-0.25, -0.2) is 0 Å². The maximum atomic E-state index is 13.3. The predicted octanol–water partition coefficient (Wildman–Crippen LogP) is 4.62. The molecule has 184 valence electrons. The van der Waals surface area contributed by atoms with Crippen molar-refractivity contribution in [1.29, 1.82) is 0 Å². The molecule has 0 unspecified atom stereocenters. The quantitative estimate of drug-likeness (QED) is 0.566. The van der Waals surface area contributed by atoms with Gasteiger partial charge >= 0.3 is 0 Å². The summed E-state index contributed by atoms with van der Waals surface area (Å²) in [6.07, 6.45) is 5.61. The molecular formula is C28H34N4O3. The smallest absolute Gasteiger partial charge is 0.252 e. The molecule has 1 atom stereocenters. The van der Waals surface area contributed by atoms with Gasteiger partial charge in [0.15, 0.2) is 0 Å². The zero-order valence-electron chi connectivity index (χ0n) is 21.2. The molecule has 1 fully saturated rings. The molecule has 4 rings (SSSR count). The molecule has 35 heavy (non-hydrogen) atoms. The van der Waals surface area contributed by atoms with E-state index < -0.39 is 0 Å². The van der Waals surface area contributed by atoms with Gasteiger partial charge in [0.05, 0.1) is 19.3 Å². The van der Waals surface area contributed by atoms with Crippen LogP contribution in [0.1, 0.15) is 65.7 Å². The van der Waals surface area contributed by atoms with Crippen molar-refractivity contribution in [2.75, 3.05) is 20.2 Å². The van der Waals surface area contributed by atoms with Crippen LogP contribution in [0.15, 0.2) is 48.8 Å². The van der Waals surface area contributed by atoms with Gasteiger partial charge < -0.3 is 15.0 Å². The summed E-state index contributed by atoms with van der Waals surface area (Å²) in [5, 5.41) is 7.44. The molecule has 0 spiro atoms. The molecule has 2 amide bonds. The molecule has 0 radical (unpaired) electrons. The number of methoxy groups -OCH3 is 1. The zero-order valence-corrected chi connectivity index (χ0v) is 21.2. The van der Waals surface area contributed by atoms with E-state index in [1.165, 1.54) is 0 Å². The van der Waals surface area contributed by atoms with E-state index in [-0.39, 0.29) is 17.9 Å². The number of hydrogen-bond donors (Lipinski definition) is 1. The molecule has 3 aromatic rings. The number of hydrogen-bond acceptors (Lipinski definition) is 4. The number of nitrogens with one attached hydrogen (secondary N) is 1. The van der Waals surface area contributed by atoms with Crippen LogP contribution in [0.2, 0.25) is 0 Å².